The van der Waals surface area contributed by atoms with E-state index in [-0.39, 0.29) is 23.1 Å². The van der Waals surface area contributed by atoms with E-state index in [0.717, 1.165) is 25.5 Å². The maximum atomic E-state index is 13.2. The van der Waals surface area contributed by atoms with Crippen LogP contribution in [-0.4, -0.2) is 32.1 Å². The van der Waals surface area contributed by atoms with Gasteiger partial charge in [-0.05, 0) is 37.6 Å². The summed E-state index contributed by atoms with van der Waals surface area (Å²) in [5.41, 5.74) is 0.290. The van der Waals surface area contributed by atoms with Gasteiger partial charge in [0.1, 0.15) is 5.82 Å². The summed E-state index contributed by atoms with van der Waals surface area (Å²) in [6.07, 6.45) is 1.74. The molecule has 0 aliphatic carbocycles. The molecule has 0 bridgehead atoms. The Morgan fingerprint density at radius 3 is 2.90 bits per heavy atom. The number of nitrogens with one attached hydrogen (secondary N) is 2. The Morgan fingerprint density at radius 2 is 2.25 bits per heavy atom. The van der Waals surface area contributed by atoms with Crippen LogP contribution in [0.2, 0.25) is 0 Å². The number of methoxy groups -OCH3 is 1. The molecule has 6 heteroatoms. The number of hydrogen-bond donors (Lipinski definition) is 2. The minimum atomic E-state index is -0.679. The Morgan fingerprint density at radius 1 is 1.45 bits per heavy atom. The van der Waals surface area contributed by atoms with Crippen LogP contribution in [0.3, 0.4) is 0 Å². The maximum absolute atomic E-state index is 13.2. The number of amides is 1. The van der Waals surface area contributed by atoms with Crippen molar-refractivity contribution < 1.29 is 18.7 Å². The zero-order valence-corrected chi connectivity index (χ0v) is 11.2. The summed E-state index contributed by atoms with van der Waals surface area (Å²) in [4.78, 5) is 23.7. The molecule has 2 rings (SSSR count). The van der Waals surface area contributed by atoms with E-state index in [1.165, 1.54) is 19.2 Å². The first-order valence-electron chi connectivity index (χ1n) is 6.51. The molecule has 108 valence electrons. The van der Waals surface area contributed by atoms with E-state index < -0.39 is 11.8 Å². The molecule has 1 heterocycles. The van der Waals surface area contributed by atoms with Crippen LogP contribution < -0.4 is 10.6 Å². The molecule has 1 aliphatic rings. The van der Waals surface area contributed by atoms with E-state index in [0.29, 0.717) is 6.54 Å². The van der Waals surface area contributed by atoms with Crippen LogP contribution in [-0.2, 0) is 9.53 Å². The molecule has 2 N–H and O–H groups in total. The Bertz CT molecular complexity index is 513. The van der Waals surface area contributed by atoms with Crippen molar-refractivity contribution in [2.45, 2.75) is 12.8 Å². The summed E-state index contributed by atoms with van der Waals surface area (Å²) >= 11 is 0. The van der Waals surface area contributed by atoms with E-state index in [1.54, 1.807) is 0 Å². The molecule has 20 heavy (non-hydrogen) atoms. The minimum Gasteiger partial charge on any atom is -0.465 e. The molecule has 1 saturated heterocycles. The second-order valence-corrected chi connectivity index (χ2v) is 4.71. The average molecular weight is 280 g/mol. The highest BCUT2D eigenvalue weighted by molar-refractivity contribution is 6.01. The van der Waals surface area contributed by atoms with E-state index >= 15 is 0 Å². The number of carbonyl (C=O) groups is 2. The Balaban J connectivity index is 2.15. The zero-order chi connectivity index (χ0) is 14.5. The van der Waals surface area contributed by atoms with Gasteiger partial charge in [0.2, 0.25) is 5.91 Å². The molecular formula is C14H17FN2O3. The normalized spacial score (nSPS) is 18.4. The number of ether oxygens (including phenoxy) is 1. The monoisotopic (exact) mass is 280 g/mol. The SMILES string of the molecule is COC(=O)c1cc(F)ccc1NC(=O)[C@H]1CCCNC1. The number of benzene rings is 1. The molecule has 1 fully saturated rings. The largest absolute Gasteiger partial charge is 0.465 e. The van der Waals surface area contributed by atoms with Gasteiger partial charge in [0.25, 0.3) is 0 Å². The van der Waals surface area contributed by atoms with E-state index in [9.17, 15) is 14.0 Å². The lowest BCUT2D eigenvalue weighted by atomic mass is 9.98. The quantitative estimate of drug-likeness (QED) is 0.824. The zero-order valence-electron chi connectivity index (χ0n) is 11.2. The first-order chi connectivity index (χ1) is 9.61. The van der Waals surface area contributed by atoms with E-state index in [1.807, 2.05) is 0 Å². The van der Waals surface area contributed by atoms with Gasteiger partial charge in [0, 0.05) is 6.54 Å². The molecule has 0 aromatic heterocycles. The third kappa shape index (κ3) is 3.33. The lowest BCUT2D eigenvalue weighted by Crippen LogP contribution is -2.37. The van der Waals surface area contributed by atoms with Gasteiger partial charge in [0.15, 0.2) is 0 Å². The average Bonchev–Trinajstić information content (AvgIpc) is 2.49. The standard InChI is InChI=1S/C14H17FN2O3/c1-20-14(19)11-7-10(15)4-5-12(11)17-13(18)9-3-2-6-16-8-9/h4-5,7,9,16H,2-3,6,8H2,1H3,(H,17,18)/t9-/m0/s1. The van der Waals surface area contributed by atoms with Crippen LogP contribution in [0.25, 0.3) is 0 Å². The number of esters is 1. The van der Waals surface area contributed by atoms with Gasteiger partial charge in [-0.25, -0.2) is 9.18 Å². The van der Waals surface area contributed by atoms with Crippen molar-refractivity contribution in [3.63, 3.8) is 0 Å². The van der Waals surface area contributed by atoms with E-state index in [2.05, 4.69) is 15.4 Å². The minimum absolute atomic E-state index is 0.0182. The van der Waals surface area contributed by atoms with Gasteiger partial charge in [-0.3, -0.25) is 4.79 Å². The number of halogens is 1. The van der Waals surface area contributed by atoms with Crippen molar-refractivity contribution in [1.29, 1.82) is 0 Å². The van der Waals surface area contributed by atoms with Crippen LogP contribution in [0.1, 0.15) is 23.2 Å². The second kappa shape index (κ2) is 6.47. The molecule has 0 saturated carbocycles. The van der Waals surface area contributed by atoms with E-state index in [4.69, 9.17) is 0 Å². The van der Waals surface area contributed by atoms with Crippen molar-refractivity contribution in [1.82, 2.24) is 5.32 Å². The van der Waals surface area contributed by atoms with Gasteiger partial charge in [-0.15, -0.1) is 0 Å². The first-order valence-corrected chi connectivity index (χ1v) is 6.51. The third-order valence-electron chi connectivity index (χ3n) is 3.31. The van der Waals surface area contributed by atoms with Gasteiger partial charge >= 0.3 is 5.97 Å². The van der Waals surface area contributed by atoms with Crippen molar-refractivity contribution in [3.05, 3.63) is 29.6 Å². The number of piperidine rings is 1. The topological polar surface area (TPSA) is 67.4 Å². The molecule has 0 unspecified atom stereocenters. The van der Waals surface area contributed by atoms with Gasteiger partial charge < -0.3 is 15.4 Å². The summed E-state index contributed by atoms with van der Waals surface area (Å²) in [5, 5.41) is 5.82. The summed E-state index contributed by atoms with van der Waals surface area (Å²) in [6.45, 7) is 1.52. The second-order valence-electron chi connectivity index (χ2n) is 4.71. The van der Waals surface area contributed by atoms with Crippen LogP contribution >= 0.6 is 0 Å². The summed E-state index contributed by atoms with van der Waals surface area (Å²) in [6, 6.07) is 3.62. The third-order valence-corrected chi connectivity index (χ3v) is 3.31. The molecule has 5 nitrogen and oxygen atoms in total. The summed E-state index contributed by atoms with van der Waals surface area (Å²) < 4.78 is 17.8. The highest BCUT2D eigenvalue weighted by Gasteiger charge is 2.23. The number of rotatable bonds is 3. The maximum Gasteiger partial charge on any atom is 0.340 e. The fourth-order valence-corrected chi connectivity index (χ4v) is 2.21. The molecular weight excluding hydrogens is 263 g/mol. The smallest absolute Gasteiger partial charge is 0.340 e. The fraction of sp³-hybridized carbons (Fsp3) is 0.429. The highest BCUT2D eigenvalue weighted by Crippen LogP contribution is 2.20. The molecule has 1 atom stereocenters. The van der Waals surface area contributed by atoms with Gasteiger partial charge in [0.05, 0.1) is 24.3 Å². The molecule has 1 amide bonds. The molecule has 0 radical (unpaired) electrons. The van der Waals surface area contributed by atoms with Crippen LogP contribution in [0, 0.1) is 11.7 Å². The molecule has 0 spiro atoms. The predicted octanol–water partition coefficient (Wildman–Crippen LogP) is 1.55. The predicted molar refractivity (Wildman–Crippen MR) is 72.0 cm³/mol. The van der Waals surface area contributed by atoms with Gasteiger partial charge in [-0.1, -0.05) is 0 Å². The molecule has 1 aromatic carbocycles. The Labute approximate surface area is 116 Å². The lowest BCUT2D eigenvalue weighted by molar-refractivity contribution is -0.120. The van der Waals surface area contributed by atoms with Crippen molar-refractivity contribution in [2.75, 3.05) is 25.5 Å². The van der Waals surface area contributed by atoms with Crippen molar-refractivity contribution in [2.24, 2.45) is 5.92 Å². The Kier molecular flexibility index (Phi) is 4.68. The summed E-state index contributed by atoms with van der Waals surface area (Å²) in [5.74, 6) is -1.54. The van der Waals surface area contributed by atoms with Gasteiger partial charge in [-0.2, -0.15) is 0 Å². The van der Waals surface area contributed by atoms with Crippen LogP contribution in [0.4, 0.5) is 10.1 Å². The van der Waals surface area contributed by atoms with Crippen molar-refractivity contribution >= 4 is 17.6 Å². The van der Waals surface area contributed by atoms with Crippen LogP contribution in [0.15, 0.2) is 18.2 Å². The fourth-order valence-electron chi connectivity index (χ4n) is 2.21. The number of hydrogen-bond acceptors (Lipinski definition) is 4. The number of carbonyl (C=O) groups excluding carboxylic acids is 2. The number of anilines is 1. The summed E-state index contributed by atoms with van der Waals surface area (Å²) in [7, 11) is 1.21. The highest BCUT2D eigenvalue weighted by atomic mass is 19.1. The lowest BCUT2D eigenvalue weighted by Gasteiger charge is -2.22. The molecule has 1 aromatic rings. The van der Waals surface area contributed by atoms with Crippen LogP contribution in [0.5, 0.6) is 0 Å². The van der Waals surface area contributed by atoms with Crippen molar-refractivity contribution in [3.8, 4) is 0 Å². The Hall–Kier alpha value is -1.95. The molecule has 1 aliphatic heterocycles. The first kappa shape index (κ1) is 14.5.